The van der Waals surface area contributed by atoms with Gasteiger partial charge in [-0.25, -0.2) is 0 Å². The van der Waals surface area contributed by atoms with Crippen LogP contribution in [0.5, 0.6) is 11.5 Å². The Labute approximate surface area is 102 Å². The molecule has 92 valence electrons. The van der Waals surface area contributed by atoms with Gasteiger partial charge in [-0.05, 0) is 30.7 Å². The van der Waals surface area contributed by atoms with Gasteiger partial charge >= 0.3 is 0 Å². The van der Waals surface area contributed by atoms with Crippen molar-refractivity contribution in [1.82, 2.24) is 0 Å². The van der Waals surface area contributed by atoms with E-state index >= 15 is 0 Å². The topological polar surface area (TPSA) is 27.7 Å². The summed E-state index contributed by atoms with van der Waals surface area (Å²) in [5.41, 5.74) is 2.34. The van der Waals surface area contributed by atoms with Gasteiger partial charge in [-0.1, -0.05) is 6.92 Å². The van der Waals surface area contributed by atoms with E-state index in [0.29, 0.717) is 12.5 Å². The van der Waals surface area contributed by atoms with Crippen LogP contribution in [-0.2, 0) is 4.74 Å². The molecule has 0 bridgehead atoms. The summed E-state index contributed by atoms with van der Waals surface area (Å²) in [7, 11) is 3.30. The summed E-state index contributed by atoms with van der Waals surface area (Å²) < 4.78 is 16.3. The van der Waals surface area contributed by atoms with Gasteiger partial charge in [0.2, 0.25) is 0 Å². The summed E-state index contributed by atoms with van der Waals surface area (Å²) in [6.07, 6.45) is 2.13. The molecule has 3 heteroatoms. The van der Waals surface area contributed by atoms with Crippen molar-refractivity contribution in [3.05, 3.63) is 29.3 Å². The zero-order valence-electron chi connectivity index (χ0n) is 10.7. The third kappa shape index (κ3) is 1.97. The lowest BCUT2D eigenvalue weighted by atomic mass is 10.0. The van der Waals surface area contributed by atoms with E-state index in [1.807, 2.05) is 19.1 Å². The molecule has 17 heavy (non-hydrogen) atoms. The van der Waals surface area contributed by atoms with E-state index in [4.69, 9.17) is 14.2 Å². The normalized spacial score (nSPS) is 17.4. The molecule has 0 N–H and O–H groups in total. The maximum absolute atomic E-state index is 5.64. The summed E-state index contributed by atoms with van der Waals surface area (Å²) in [5, 5.41) is 0. The molecule has 0 heterocycles. The number of hydrogen-bond acceptors (Lipinski definition) is 3. The molecule has 0 spiro atoms. The summed E-state index contributed by atoms with van der Waals surface area (Å²) in [4.78, 5) is 0. The fourth-order valence-corrected chi connectivity index (χ4v) is 2.17. The number of hydrogen-bond donors (Lipinski definition) is 0. The number of rotatable bonds is 4. The number of ether oxygens (including phenoxy) is 3. The highest BCUT2D eigenvalue weighted by Gasteiger charge is 2.24. The second kappa shape index (κ2) is 4.70. The van der Waals surface area contributed by atoms with Crippen LogP contribution in [0.2, 0.25) is 0 Å². The lowest BCUT2D eigenvalue weighted by Crippen LogP contribution is -1.96. The van der Waals surface area contributed by atoms with E-state index in [1.165, 1.54) is 5.56 Å². The molecule has 3 nitrogen and oxygen atoms in total. The fraction of sp³-hybridized carbons (Fsp3) is 0.429. The molecule has 1 aliphatic rings. The van der Waals surface area contributed by atoms with E-state index in [0.717, 1.165) is 22.8 Å². The Hall–Kier alpha value is -1.64. The van der Waals surface area contributed by atoms with Crippen LogP contribution in [0, 0.1) is 0 Å². The Balaban J connectivity index is 2.48. The number of fused-ring (bicyclic) bond motifs is 1. The minimum Gasteiger partial charge on any atom is -0.494 e. The van der Waals surface area contributed by atoms with Crippen LogP contribution in [-0.4, -0.2) is 20.8 Å². The lowest BCUT2D eigenvalue weighted by molar-refractivity contribution is 0.298. The van der Waals surface area contributed by atoms with Gasteiger partial charge in [0.05, 0.1) is 20.8 Å². The van der Waals surface area contributed by atoms with Crippen LogP contribution in [0.3, 0.4) is 0 Å². The molecule has 0 fully saturated rings. The van der Waals surface area contributed by atoms with Gasteiger partial charge in [-0.15, -0.1) is 0 Å². The monoisotopic (exact) mass is 234 g/mol. The van der Waals surface area contributed by atoms with Crippen molar-refractivity contribution in [2.45, 2.75) is 19.8 Å². The number of benzene rings is 1. The molecule has 1 aromatic rings. The van der Waals surface area contributed by atoms with E-state index in [2.05, 4.69) is 13.0 Å². The smallest absolute Gasteiger partial charge is 0.161 e. The van der Waals surface area contributed by atoms with Crippen molar-refractivity contribution in [2.24, 2.45) is 0 Å². The Kier molecular flexibility index (Phi) is 3.27. The van der Waals surface area contributed by atoms with Crippen molar-refractivity contribution < 1.29 is 14.2 Å². The first-order valence-corrected chi connectivity index (χ1v) is 5.82. The maximum Gasteiger partial charge on any atom is 0.161 e. The highest BCUT2D eigenvalue weighted by atomic mass is 16.5. The molecule has 0 unspecified atom stereocenters. The molecule has 1 aromatic carbocycles. The molecule has 0 radical (unpaired) electrons. The van der Waals surface area contributed by atoms with Crippen molar-refractivity contribution in [3.8, 4) is 11.5 Å². The summed E-state index contributed by atoms with van der Waals surface area (Å²) in [6, 6.07) is 4.01. The fourth-order valence-electron chi connectivity index (χ4n) is 2.17. The number of allylic oxidation sites excluding steroid dienone is 1. The van der Waals surface area contributed by atoms with Crippen LogP contribution >= 0.6 is 0 Å². The third-order valence-electron chi connectivity index (χ3n) is 3.01. The average Bonchev–Trinajstić information content (AvgIpc) is 2.65. The number of methoxy groups -OCH3 is 2. The first kappa shape index (κ1) is 11.8. The van der Waals surface area contributed by atoms with Gasteiger partial charge in [0, 0.05) is 11.5 Å². The molecular weight excluding hydrogens is 216 g/mol. The van der Waals surface area contributed by atoms with Crippen molar-refractivity contribution in [1.29, 1.82) is 0 Å². The summed E-state index contributed by atoms with van der Waals surface area (Å²) >= 11 is 0. The zero-order valence-corrected chi connectivity index (χ0v) is 10.7. The minimum atomic E-state index is 0.353. The largest absolute Gasteiger partial charge is 0.494 e. The predicted octanol–water partition coefficient (Wildman–Crippen LogP) is 3.20. The first-order valence-electron chi connectivity index (χ1n) is 5.82. The predicted molar refractivity (Wildman–Crippen MR) is 67.6 cm³/mol. The van der Waals surface area contributed by atoms with Gasteiger partial charge in [-0.2, -0.15) is 0 Å². The summed E-state index contributed by atoms with van der Waals surface area (Å²) in [6.45, 7) is 4.81. The van der Waals surface area contributed by atoms with Gasteiger partial charge in [0.25, 0.3) is 0 Å². The van der Waals surface area contributed by atoms with Crippen LogP contribution in [0.25, 0.3) is 5.76 Å². The van der Waals surface area contributed by atoms with Crippen molar-refractivity contribution >= 4 is 5.76 Å². The van der Waals surface area contributed by atoms with E-state index in [9.17, 15) is 0 Å². The minimum absolute atomic E-state index is 0.353. The van der Waals surface area contributed by atoms with E-state index in [-0.39, 0.29) is 0 Å². The van der Waals surface area contributed by atoms with E-state index in [1.54, 1.807) is 14.2 Å². The molecule has 0 saturated heterocycles. The Morgan fingerprint density at radius 2 is 1.76 bits per heavy atom. The van der Waals surface area contributed by atoms with Gasteiger partial charge in [-0.3, -0.25) is 0 Å². The molecule has 2 rings (SSSR count). The molecule has 1 aliphatic carbocycles. The van der Waals surface area contributed by atoms with Crippen molar-refractivity contribution in [3.63, 3.8) is 0 Å². The Morgan fingerprint density at radius 1 is 1.12 bits per heavy atom. The molecule has 0 saturated carbocycles. The molecule has 0 aliphatic heterocycles. The van der Waals surface area contributed by atoms with E-state index < -0.39 is 0 Å². The standard InChI is InChI=1S/C14H18O3/c1-5-17-12-6-9(2)10-7-13(15-3)14(16-4)8-11(10)12/h6-9H,5H2,1-4H3/t9-/m0/s1. The molecule has 1 atom stereocenters. The lowest BCUT2D eigenvalue weighted by Gasteiger charge is -2.13. The van der Waals surface area contributed by atoms with Gasteiger partial charge in [0.15, 0.2) is 11.5 Å². The van der Waals surface area contributed by atoms with Crippen LogP contribution < -0.4 is 9.47 Å². The second-order valence-electron chi connectivity index (χ2n) is 4.05. The third-order valence-corrected chi connectivity index (χ3v) is 3.01. The van der Waals surface area contributed by atoms with Gasteiger partial charge in [0.1, 0.15) is 5.76 Å². The van der Waals surface area contributed by atoms with Gasteiger partial charge < -0.3 is 14.2 Å². The van der Waals surface area contributed by atoms with Crippen LogP contribution in [0.15, 0.2) is 18.2 Å². The van der Waals surface area contributed by atoms with Crippen LogP contribution in [0.1, 0.15) is 30.9 Å². The molecular formula is C14H18O3. The molecule has 0 aromatic heterocycles. The average molecular weight is 234 g/mol. The van der Waals surface area contributed by atoms with Crippen LogP contribution in [0.4, 0.5) is 0 Å². The molecule has 0 amide bonds. The SMILES string of the molecule is CCOC1=C[C@H](C)c2cc(OC)c(OC)cc21. The highest BCUT2D eigenvalue weighted by Crippen LogP contribution is 2.42. The second-order valence-corrected chi connectivity index (χ2v) is 4.05. The Morgan fingerprint density at radius 3 is 2.35 bits per heavy atom. The highest BCUT2D eigenvalue weighted by molar-refractivity contribution is 5.73. The maximum atomic E-state index is 5.64. The first-order chi connectivity index (χ1) is 8.21. The quantitative estimate of drug-likeness (QED) is 0.800. The van der Waals surface area contributed by atoms with Crippen molar-refractivity contribution in [2.75, 3.05) is 20.8 Å². The Bertz CT molecular complexity index is 449. The zero-order chi connectivity index (χ0) is 12.4. The summed E-state index contributed by atoms with van der Waals surface area (Å²) in [5.74, 6) is 2.80.